The third kappa shape index (κ3) is 2.51. The van der Waals surface area contributed by atoms with Crippen LogP contribution in [-0.2, 0) is 19.1 Å². The van der Waals surface area contributed by atoms with E-state index in [1.165, 1.54) is 14.2 Å². The van der Waals surface area contributed by atoms with Crippen molar-refractivity contribution in [2.24, 2.45) is 4.99 Å². The molecule has 14 heavy (non-hydrogen) atoms. The zero-order valence-electron chi connectivity index (χ0n) is 7.86. The number of amides is 2. The van der Waals surface area contributed by atoms with Gasteiger partial charge in [-0.15, -0.1) is 0 Å². The first-order valence-electron chi connectivity index (χ1n) is 3.89. The van der Waals surface area contributed by atoms with Crippen molar-refractivity contribution in [1.82, 2.24) is 10.6 Å². The molecule has 2 amide bonds. The minimum atomic E-state index is -0.713. The Balaban J connectivity index is 2.46. The number of carbonyl (C=O) groups excluding carboxylic acids is 2. The van der Waals surface area contributed by atoms with Gasteiger partial charge in [0.1, 0.15) is 0 Å². The van der Waals surface area contributed by atoms with E-state index in [4.69, 9.17) is 9.47 Å². The lowest BCUT2D eigenvalue weighted by Gasteiger charge is -2.09. The third-order valence-electron chi connectivity index (χ3n) is 1.59. The van der Waals surface area contributed by atoms with Gasteiger partial charge >= 0.3 is 11.8 Å². The Morgan fingerprint density at radius 3 is 2.14 bits per heavy atom. The second kappa shape index (κ2) is 4.68. The van der Waals surface area contributed by atoms with E-state index in [0.29, 0.717) is 0 Å². The van der Waals surface area contributed by atoms with E-state index in [2.05, 4.69) is 15.6 Å². The molecule has 0 atom stereocenters. The van der Waals surface area contributed by atoms with Gasteiger partial charge in [-0.3, -0.25) is 20.2 Å². The Bertz CT molecular complexity index is 254. The Hall–Kier alpha value is -1.47. The number of aliphatic imine (C=N–C) groups is 1. The summed E-state index contributed by atoms with van der Waals surface area (Å²) >= 11 is 0. The minimum Gasteiger partial charge on any atom is -0.354 e. The van der Waals surface area contributed by atoms with Gasteiger partial charge in [-0.2, -0.15) is 0 Å². The van der Waals surface area contributed by atoms with Crippen LogP contribution >= 0.6 is 0 Å². The van der Waals surface area contributed by atoms with E-state index in [9.17, 15) is 9.59 Å². The molecule has 0 aliphatic carbocycles. The van der Waals surface area contributed by atoms with E-state index in [-0.39, 0.29) is 12.5 Å². The monoisotopic (exact) mass is 201 g/mol. The van der Waals surface area contributed by atoms with E-state index < -0.39 is 18.1 Å². The van der Waals surface area contributed by atoms with Crippen LogP contribution in [0, 0.1) is 0 Å². The van der Waals surface area contributed by atoms with Crippen molar-refractivity contribution >= 4 is 17.8 Å². The topological polar surface area (TPSA) is 89.0 Å². The molecule has 1 saturated heterocycles. The molecule has 7 heteroatoms. The predicted octanol–water partition coefficient (Wildman–Crippen LogP) is -1.79. The summed E-state index contributed by atoms with van der Waals surface area (Å²) in [7, 11) is 2.94. The molecule has 2 N–H and O–H groups in total. The number of methoxy groups -OCH3 is 2. The summed E-state index contributed by atoms with van der Waals surface area (Å²) in [4.78, 5) is 25.3. The largest absolute Gasteiger partial charge is 0.354 e. The Kier molecular flexibility index (Phi) is 3.55. The van der Waals surface area contributed by atoms with Gasteiger partial charge < -0.3 is 9.47 Å². The average molecular weight is 201 g/mol. The molecule has 0 unspecified atom stereocenters. The smallest absolute Gasteiger partial charge is 0.316 e. The quantitative estimate of drug-likeness (QED) is 0.415. The minimum absolute atomic E-state index is 0.124. The SMILES string of the molecule is COC(CN=C1NC(=O)C(=O)N1)OC. The second-order valence-electron chi connectivity index (χ2n) is 2.50. The molecule has 1 aliphatic heterocycles. The molecule has 7 nitrogen and oxygen atoms in total. The molecule has 0 spiro atoms. The highest BCUT2D eigenvalue weighted by Gasteiger charge is 2.25. The van der Waals surface area contributed by atoms with Crippen molar-refractivity contribution < 1.29 is 19.1 Å². The molecule has 0 aromatic heterocycles. The van der Waals surface area contributed by atoms with E-state index >= 15 is 0 Å². The van der Waals surface area contributed by atoms with Gasteiger partial charge in [-0.05, 0) is 0 Å². The number of hydrogen-bond acceptors (Lipinski definition) is 5. The van der Waals surface area contributed by atoms with Crippen LogP contribution < -0.4 is 10.6 Å². The van der Waals surface area contributed by atoms with Gasteiger partial charge in [0.25, 0.3) is 0 Å². The molecule has 1 fully saturated rings. The fraction of sp³-hybridized carbons (Fsp3) is 0.571. The molecule has 1 heterocycles. The first-order chi connectivity index (χ1) is 6.67. The van der Waals surface area contributed by atoms with Crippen molar-refractivity contribution in [2.45, 2.75) is 6.29 Å². The van der Waals surface area contributed by atoms with Gasteiger partial charge in [-0.1, -0.05) is 0 Å². The standard InChI is InChI=1S/C7H11N3O4/c1-13-4(14-2)3-8-7-9-5(11)6(12)10-7/h4H,3H2,1-2H3,(H2,8,9,10,11,12). The molecule has 0 aromatic rings. The Morgan fingerprint density at radius 1 is 1.21 bits per heavy atom. The van der Waals surface area contributed by atoms with E-state index in [1.807, 2.05) is 0 Å². The number of nitrogens with zero attached hydrogens (tertiary/aromatic N) is 1. The summed E-state index contributed by atoms with van der Waals surface area (Å²) in [5.41, 5.74) is 0. The highest BCUT2D eigenvalue weighted by molar-refractivity contribution is 6.45. The fourth-order valence-electron chi connectivity index (χ4n) is 0.850. The van der Waals surface area contributed by atoms with E-state index in [0.717, 1.165) is 0 Å². The first kappa shape index (κ1) is 10.6. The van der Waals surface area contributed by atoms with Crippen LogP contribution in [0.1, 0.15) is 0 Å². The number of carbonyl (C=O) groups is 2. The van der Waals surface area contributed by atoms with Crippen LogP contribution in [0.4, 0.5) is 0 Å². The summed E-state index contributed by atoms with van der Waals surface area (Å²) in [6, 6.07) is 0. The number of hydrogen-bond donors (Lipinski definition) is 2. The summed E-state index contributed by atoms with van der Waals surface area (Å²) in [6.45, 7) is 0.197. The van der Waals surface area contributed by atoms with Crippen molar-refractivity contribution in [2.75, 3.05) is 20.8 Å². The molecule has 1 aliphatic rings. The van der Waals surface area contributed by atoms with Crippen molar-refractivity contribution in [3.63, 3.8) is 0 Å². The van der Waals surface area contributed by atoms with Gasteiger partial charge in [0.15, 0.2) is 6.29 Å². The predicted molar refractivity (Wildman–Crippen MR) is 46.4 cm³/mol. The average Bonchev–Trinajstić information content (AvgIpc) is 2.48. The van der Waals surface area contributed by atoms with Crippen LogP contribution in [0.25, 0.3) is 0 Å². The number of guanidine groups is 1. The Morgan fingerprint density at radius 2 is 1.71 bits per heavy atom. The summed E-state index contributed by atoms with van der Waals surface area (Å²) in [6.07, 6.45) is -0.489. The number of nitrogens with one attached hydrogen (secondary N) is 2. The second-order valence-corrected chi connectivity index (χ2v) is 2.50. The first-order valence-corrected chi connectivity index (χ1v) is 3.89. The third-order valence-corrected chi connectivity index (χ3v) is 1.59. The number of rotatable bonds is 4. The summed E-state index contributed by atoms with van der Waals surface area (Å²) < 4.78 is 9.72. The fourth-order valence-corrected chi connectivity index (χ4v) is 0.850. The normalized spacial score (nSPS) is 15.8. The lowest BCUT2D eigenvalue weighted by atomic mass is 10.6. The van der Waals surface area contributed by atoms with Gasteiger partial charge in [0, 0.05) is 14.2 Å². The van der Waals surface area contributed by atoms with E-state index in [1.54, 1.807) is 0 Å². The molecular formula is C7H11N3O4. The van der Waals surface area contributed by atoms with Crippen LogP contribution in [0.5, 0.6) is 0 Å². The molecule has 0 radical (unpaired) electrons. The van der Waals surface area contributed by atoms with Gasteiger partial charge in [0.2, 0.25) is 5.96 Å². The maximum absolute atomic E-state index is 10.7. The molecule has 0 aromatic carbocycles. The highest BCUT2D eigenvalue weighted by Crippen LogP contribution is 1.92. The Labute approximate surface area is 80.5 Å². The zero-order valence-corrected chi connectivity index (χ0v) is 7.86. The van der Waals surface area contributed by atoms with Crippen LogP contribution in [0.2, 0.25) is 0 Å². The molecule has 78 valence electrons. The van der Waals surface area contributed by atoms with Gasteiger partial charge in [-0.25, -0.2) is 4.99 Å². The van der Waals surface area contributed by atoms with Crippen LogP contribution in [0.3, 0.4) is 0 Å². The van der Waals surface area contributed by atoms with Crippen molar-refractivity contribution in [3.8, 4) is 0 Å². The van der Waals surface area contributed by atoms with Crippen LogP contribution in [0.15, 0.2) is 4.99 Å². The van der Waals surface area contributed by atoms with Crippen LogP contribution in [-0.4, -0.2) is 44.8 Å². The van der Waals surface area contributed by atoms with Crippen molar-refractivity contribution in [3.05, 3.63) is 0 Å². The molecule has 0 bridgehead atoms. The highest BCUT2D eigenvalue weighted by atomic mass is 16.7. The maximum atomic E-state index is 10.7. The maximum Gasteiger partial charge on any atom is 0.316 e. The summed E-state index contributed by atoms with van der Waals surface area (Å²) in [5.74, 6) is -1.30. The lowest BCUT2D eigenvalue weighted by Crippen LogP contribution is -2.28. The summed E-state index contributed by atoms with van der Waals surface area (Å²) in [5, 5.41) is 4.49. The lowest BCUT2D eigenvalue weighted by molar-refractivity contribution is -0.135. The molecule has 1 rings (SSSR count). The van der Waals surface area contributed by atoms with Crippen molar-refractivity contribution in [1.29, 1.82) is 0 Å². The number of ether oxygens (including phenoxy) is 2. The zero-order chi connectivity index (χ0) is 10.6. The molecule has 0 saturated carbocycles. The molecular weight excluding hydrogens is 190 g/mol. The van der Waals surface area contributed by atoms with Gasteiger partial charge in [0.05, 0.1) is 6.54 Å².